The minimum atomic E-state index is -0.233. The summed E-state index contributed by atoms with van der Waals surface area (Å²) in [6.45, 7) is 6.48. The first-order chi connectivity index (χ1) is 8.15. The van der Waals surface area contributed by atoms with Crippen molar-refractivity contribution in [1.29, 1.82) is 0 Å². The minimum absolute atomic E-state index is 0.123. The lowest BCUT2D eigenvalue weighted by Crippen LogP contribution is -2.30. The molecule has 0 aliphatic rings. The van der Waals surface area contributed by atoms with Crippen molar-refractivity contribution in [3.8, 4) is 11.5 Å². The summed E-state index contributed by atoms with van der Waals surface area (Å²) in [5.41, 5.74) is 0.244. The maximum absolute atomic E-state index is 12.1. The lowest BCUT2D eigenvalue weighted by molar-refractivity contribution is 0.0778. The number of ether oxygens (including phenoxy) is 1. The number of aromatic hydroxyl groups is 1. The molecule has 4 heteroatoms. The van der Waals surface area contributed by atoms with Gasteiger partial charge in [-0.3, -0.25) is 4.79 Å². The van der Waals surface area contributed by atoms with Gasteiger partial charge in [-0.15, -0.1) is 6.58 Å². The van der Waals surface area contributed by atoms with Crippen LogP contribution < -0.4 is 4.74 Å². The second-order valence-corrected chi connectivity index (χ2v) is 3.49. The standard InChI is InChI=1S/C13H17NO3/c1-4-9-14(5-2)13(16)10-7-6-8-11(17-3)12(10)15/h4,6-8,15H,1,5,9H2,2-3H3. The molecule has 0 heterocycles. The van der Waals surface area contributed by atoms with Crippen molar-refractivity contribution in [3.05, 3.63) is 36.4 Å². The molecular weight excluding hydrogens is 218 g/mol. The minimum Gasteiger partial charge on any atom is -0.504 e. The fraction of sp³-hybridized carbons (Fsp3) is 0.308. The number of para-hydroxylation sites is 1. The predicted octanol–water partition coefficient (Wildman–Crippen LogP) is 2.05. The third-order valence-electron chi connectivity index (χ3n) is 2.47. The first-order valence-corrected chi connectivity index (χ1v) is 5.41. The Labute approximate surface area is 101 Å². The molecule has 0 aliphatic heterocycles. The molecule has 0 fully saturated rings. The molecule has 0 radical (unpaired) electrons. The van der Waals surface area contributed by atoms with E-state index in [2.05, 4.69) is 6.58 Å². The van der Waals surface area contributed by atoms with Crippen molar-refractivity contribution < 1.29 is 14.6 Å². The summed E-state index contributed by atoms with van der Waals surface area (Å²) in [6, 6.07) is 4.86. The van der Waals surface area contributed by atoms with Gasteiger partial charge in [0.1, 0.15) is 0 Å². The van der Waals surface area contributed by atoms with Gasteiger partial charge in [0.2, 0.25) is 0 Å². The third-order valence-corrected chi connectivity index (χ3v) is 2.47. The highest BCUT2D eigenvalue weighted by Gasteiger charge is 2.18. The molecule has 1 rings (SSSR count). The van der Waals surface area contributed by atoms with Crippen molar-refractivity contribution in [2.45, 2.75) is 6.92 Å². The van der Waals surface area contributed by atoms with E-state index in [1.54, 1.807) is 29.2 Å². The third kappa shape index (κ3) is 2.78. The van der Waals surface area contributed by atoms with Crippen LogP contribution in [0.4, 0.5) is 0 Å². The number of rotatable bonds is 5. The first kappa shape index (κ1) is 13.1. The first-order valence-electron chi connectivity index (χ1n) is 5.41. The number of amides is 1. The predicted molar refractivity (Wildman–Crippen MR) is 66.4 cm³/mol. The molecule has 1 aromatic carbocycles. The number of carbonyl (C=O) groups is 1. The Balaban J connectivity index is 3.06. The highest BCUT2D eigenvalue weighted by Crippen LogP contribution is 2.30. The number of phenolic OH excluding ortho intramolecular Hbond substituents is 1. The van der Waals surface area contributed by atoms with Crippen molar-refractivity contribution in [2.75, 3.05) is 20.2 Å². The zero-order valence-electron chi connectivity index (χ0n) is 10.1. The van der Waals surface area contributed by atoms with Gasteiger partial charge in [-0.2, -0.15) is 0 Å². The zero-order chi connectivity index (χ0) is 12.8. The van der Waals surface area contributed by atoms with Crippen LogP contribution in [0.5, 0.6) is 11.5 Å². The number of hydrogen-bond donors (Lipinski definition) is 1. The Kier molecular flexibility index (Phi) is 4.57. The molecule has 0 bridgehead atoms. The molecular formula is C13H17NO3. The van der Waals surface area contributed by atoms with Crippen LogP contribution in [-0.4, -0.2) is 36.1 Å². The Bertz CT molecular complexity index is 415. The maximum atomic E-state index is 12.1. The second kappa shape index (κ2) is 5.94. The quantitative estimate of drug-likeness (QED) is 0.795. The van der Waals surface area contributed by atoms with E-state index in [9.17, 15) is 9.90 Å². The van der Waals surface area contributed by atoms with E-state index in [4.69, 9.17) is 4.74 Å². The molecule has 0 atom stereocenters. The van der Waals surface area contributed by atoms with Crippen molar-refractivity contribution in [3.63, 3.8) is 0 Å². The summed E-state index contributed by atoms with van der Waals surface area (Å²) in [4.78, 5) is 13.7. The second-order valence-electron chi connectivity index (χ2n) is 3.49. The van der Waals surface area contributed by atoms with E-state index in [0.29, 0.717) is 18.8 Å². The van der Waals surface area contributed by atoms with Gasteiger partial charge in [0, 0.05) is 13.1 Å². The number of benzene rings is 1. The summed E-state index contributed by atoms with van der Waals surface area (Å²) in [6.07, 6.45) is 1.65. The molecule has 92 valence electrons. The van der Waals surface area contributed by atoms with Gasteiger partial charge in [0.25, 0.3) is 5.91 Å². The molecule has 0 aliphatic carbocycles. The molecule has 1 amide bonds. The summed E-state index contributed by atoms with van der Waals surface area (Å²) in [7, 11) is 1.45. The number of likely N-dealkylation sites (N-methyl/N-ethyl adjacent to an activating group) is 1. The van der Waals surface area contributed by atoms with E-state index in [-0.39, 0.29) is 17.2 Å². The molecule has 1 aromatic rings. The number of nitrogens with zero attached hydrogens (tertiary/aromatic N) is 1. The molecule has 0 saturated heterocycles. The van der Waals surface area contributed by atoms with Gasteiger partial charge in [0.05, 0.1) is 12.7 Å². The summed E-state index contributed by atoms with van der Waals surface area (Å²) >= 11 is 0. The average Bonchev–Trinajstić information content (AvgIpc) is 2.35. The Morgan fingerprint density at radius 3 is 2.82 bits per heavy atom. The summed E-state index contributed by atoms with van der Waals surface area (Å²) < 4.78 is 4.97. The van der Waals surface area contributed by atoms with Crippen LogP contribution in [0.3, 0.4) is 0 Å². The normalized spacial score (nSPS) is 9.76. The number of methoxy groups -OCH3 is 1. The molecule has 17 heavy (non-hydrogen) atoms. The smallest absolute Gasteiger partial charge is 0.258 e. The van der Waals surface area contributed by atoms with Crippen molar-refractivity contribution in [1.82, 2.24) is 4.90 Å². The van der Waals surface area contributed by atoms with Crippen LogP contribution in [0.2, 0.25) is 0 Å². The number of phenols is 1. The SMILES string of the molecule is C=CCN(CC)C(=O)c1cccc(OC)c1O. The van der Waals surface area contributed by atoms with E-state index in [0.717, 1.165) is 0 Å². The van der Waals surface area contributed by atoms with Crippen LogP contribution in [0.15, 0.2) is 30.9 Å². The fourth-order valence-corrected chi connectivity index (χ4v) is 1.54. The van der Waals surface area contributed by atoms with Crippen LogP contribution in [0.25, 0.3) is 0 Å². The number of hydrogen-bond acceptors (Lipinski definition) is 3. The van der Waals surface area contributed by atoms with Gasteiger partial charge in [-0.1, -0.05) is 12.1 Å². The van der Waals surface area contributed by atoms with Crippen molar-refractivity contribution >= 4 is 5.91 Å². The van der Waals surface area contributed by atoms with E-state index >= 15 is 0 Å². The topological polar surface area (TPSA) is 49.8 Å². The van der Waals surface area contributed by atoms with Gasteiger partial charge in [0.15, 0.2) is 11.5 Å². The Morgan fingerprint density at radius 2 is 2.29 bits per heavy atom. The van der Waals surface area contributed by atoms with E-state index in [1.807, 2.05) is 6.92 Å². The summed E-state index contributed by atoms with van der Waals surface area (Å²) in [5, 5.41) is 9.87. The Hall–Kier alpha value is -1.97. The van der Waals surface area contributed by atoms with Gasteiger partial charge >= 0.3 is 0 Å². The molecule has 1 N–H and O–H groups in total. The van der Waals surface area contributed by atoms with Crippen LogP contribution >= 0.6 is 0 Å². The highest BCUT2D eigenvalue weighted by molar-refractivity contribution is 5.97. The molecule has 0 spiro atoms. The molecule has 4 nitrogen and oxygen atoms in total. The molecule has 0 unspecified atom stereocenters. The lowest BCUT2D eigenvalue weighted by atomic mass is 10.1. The van der Waals surface area contributed by atoms with Gasteiger partial charge < -0.3 is 14.7 Å². The fourth-order valence-electron chi connectivity index (χ4n) is 1.54. The molecule has 0 aromatic heterocycles. The number of carbonyl (C=O) groups excluding carboxylic acids is 1. The van der Waals surface area contributed by atoms with Crippen LogP contribution in [0, 0.1) is 0 Å². The van der Waals surface area contributed by atoms with Crippen LogP contribution in [-0.2, 0) is 0 Å². The monoisotopic (exact) mass is 235 g/mol. The largest absolute Gasteiger partial charge is 0.504 e. The lowest BCUT2D eigenvalue weighted by Gasteiger charge is -2.19. The van der Waals surface area contributed by atoms with Gasteiger partial charge in [-0.25, -0.2) is 0 Å². The highest BCUT2D eigenvalue weighted by atomic mass is 16.5. The molecule has 0 saturated carbocycles. The van der Waals surface area contributed by atoms with E-state index < -0.39 is 0 Å². The summed E-state index contributed by atoms with van der Waals surface area (Å²) in [5.74, 6) is -0.0585. The zero-order valence-corrected chi connectivity index (χ0v) is 10.1. The van der Waals surface area contributed by atoms with E-state index in [1.165, 1.54) is 7.11 Å². The van der Waals surface area contributed by atoms with Crippen LogP contribution in [0.1, 0.15) is 17.3 Å². The average molecular weight is 235 g/mol. The Morgan fingerprint density at radius 1 is 1.59 bits per heavy atom. The van der Waals surface area contributed by atoms with Gasteiger partial charge in [-0.05, 0) is 19.1 Å². The maximum Gasteiger partial charge on any atom is 0.258 e. The van der Waals surface area contributed by atoms with Crippen molar-refractivity contribution in [2.24, 2.45) is 0 Å².